The molecule has 1 rings (SSSR count). The number of nitrogens with zero attached hydrogens (tertiary/aromatic N) is 1. The molecule has 0 saturated carbocycles. The summed E-state index contributed by atoms with van der Waals surface area (Å²) in [6.07, 6.45) is 0. The van der Waals surface area contributed by atoms with Gasteiger partial charge in [-0.15, -0.1) is 12.4 Å². The molecule has 0 bridgehead atoms. The predicted molar refractivity (Wildman–Crippen MR) is 79.4 cm³/mol. The van der Waals surface area contributed by atoms with Gasteiger partial charge >= 0.3 is 0 Å². The van der Waals surface area contributed by atoms with E-state index in [1.807, 2.05) is 7.05 Å². The molecule has 1 aromatic rings. The van der Waals surface area contributed by atoms with E-state index in [2.05, 4.69) is 67.3 Å². The second kappa shape index (κ2) is 8.48. The topological polar surface area (TPSA) is 15.3 Å². The second-order valence-corrected chi connectivity index (χ2v) is 5.30. The summed E-state index contributed by atoms with van der Waals surface area (Å²) in [5.74, 6) is 0. The zero-order valence-corrected chi connectivity index (χ0v) is 13.5. The third kappa shape index (κ3) is 5.64. The summed E-state index contributed by atoms with van der Waals surface area (Å²) in [5.41, 5.74) is 1.32. The van der Waals surface area contributed by atoms with Gasteiger partial charge in [0.15, 0.2) is 0 Å². The quantitative estimate of drug-likeness (QED) is 0.853. The Bertz CT molecular complexity index is 321. The smallest absolute Gasteiger partial charge is 0.0320 e. The van der Waals surface area contributed by atoms with Crippen molar-refractivity contribution in [1.29, 1.82) is 0 Å². The number of rotatable bonds is 5. The van der Waals surface area contributed by atoms with Crippen LogP contribution in [-0.4, -0.2) is 32.1 Å². The normalized spacial score (nSPS) is 10.3. The van der Waals surface area contributed by atoms with Gasteiger partial charge in [-0.05, 0) is 63.7 Å². The van der Waals surface area contributed by atoms with E-state index in [-0.39, 0.29) is 12.4 Å². The molecule has 0 radical (unpaired) electrons. The molecule has 0 spiro atoms. The van der Waals surface area contributed by atoms with E-state index in [1.54, 1.807) is 0 Å². The number of hydrogen-bond donors (Lipinski definition) is 1. The molecular formula is C11H17Br2ClN2. The molecule has 0 aromatic heterocycles. The molecule has 16 heavy (non-hydrogen) atoms. The van der Waals surface area contributed by atoms with Crippen molar-refractivity contribution in [1.82, 2.24) is 10.2 Å². The monoisotopic (exact) mass is 370 g/mol. The van der Waals surface area contributed by atoms with Crippen LogP contribution in [0.3, 0.4) is 0 Å². The molecule has 0 aliphatic heterocycles. The van der Waals surface area contributed by atoms with Crippen LogP contribution in [0.15, 0.2) is 27.1 Å². The molecule has 0 atom stereocenters. The number of nitrogens with one attached hydrogen (secondary N) is 1. The van der Waals surface area contributed by atoms with Gasteiger partial charge in [0, 0.05) is 28.6 Å². The number of hydrogen-bond acceptors (Lipinski definition) is 2. The summed E-state index contributed by atoms with van der Waals surface area (Å²) in [7, 11) is 4.11. The maximum absolute atomic E-state index is 3.51. The minimum atomic E-state index is 0. The van der Waals surface area contributed by atoms with Crippen LogP contribution >= 0.6 is 44.3 Å². The summed E-state index contributed by atoms with van der Waals surface area (Å²) in [4.78, 5) is 2.30. The van der Waals surface area contributed by atoms with Gasteiger partial charge in [0.1, 0.15) is 0 Å². The van der Waals surface area contributed by atoms with Gasteiger partial charge in [0.25, 0.3) is 0 Å². The molecule has 5 heteroatoms. The summed E-state index contributed by atoms with van der Waals surface area (Å²) >= 11 is 6.98. The maximum Gasteiger partial charge on any atom is 0.0320 e. The van der Waals surface area contributed by atoms with E-state index >= 15 is 0 Å². The fourth-order valence-electron chi connectivity index (χ4n) is 1.33. The standard InChI is InChI=1S/C11H16Br2N2.ClH/c1-14-5-6-15(2)8-9-3-4-10(12)11(13)7-9;/h3-4,7,14H,5-6,8H2,1-2H3;1H. The van der Waals surface area contributed by atoms with Crippen LogP contribution in [-0.2, 0) is 6.54 Å². The predicted octanol–water partition coefficient (Wildman–Crippen LogP) is 3.28. The highest BCUT2D eigenvalue weighted by Crippen LogP contribution is 2.24. The van der Waals surface area contributed by atoms with E-state index in [0.29, 0.717) is 0 Å². The van der Waals surface area contributed by atoms with Crippen LogP contribution in [0.4, 0.5) is 0 Å². The van der Waals surface area contributed by atoms with Gasteiger partial charge in [-0.2, -0.15) is 0 Å². The molecule has 0 aliphatic carbocycles. The summed E-state index contributed by atoms with van der Waals surface area (Å²) < 4.78 is 2.21. The first-order chi connectivity index (χ1) is 7.13. The van der Waals surface area contributed by atoms with Crippen molar-refractivity contribution < 1.29 is 0 Å². The van der Waals surface area contributed by atoms with E-state index < -0.39 is 0 Å². The van der Waals surface area contributed by atoms with Crippen molar-refractivity contribution in [3.8, 4) is 0 Å². The Morgan fingerprint density at radius 2 is 1.94 bits per heavy atom. The SMILES string of the molecule is CNCCN(C)Cc1ccc(Br)c(Br)c1.Cl. The van der Waals surface area contributed by atoms with Gasteiger partial charge in [-0.3, -0.25) is 0 Å². The first-order valence-electron chi connectivity index (χ1n) is 4.90. The number of halogens is 3. The van der Waals surface area contributed by atoms with Crippen molar-refractivity contribution in [3.63, 3.8) is 0 Å². The molecular weight excluding hydrogens is 355 g/mol. The largest absolute Gasteiger partial charge is 0.318 e. The summed E-state index contributed by atoms with van der Waals surface area (Å²) in [6, 6.07) is 6.37. The molecule has 0 amide bonds. The number of likely N-dealkylation sites (N-methyl/N-ethyl adjacent to an activating group) is 2. The van der Waals surface area contributed by atoms with Crippen molar-refractivity contribution in [2.24, 2.45) is 0 Å². The molecule has 1 aromatic carbocycles. The summed E-state index contributed by atoms with van der Waals surface area (Å²) in [6.45, 7) is 3.06. The van der Waals surface area contributed by atoms with E-state index in [9.17, 15) is 0 Å². The third-order valence-corrected chi connectivity index (χ3v) is 4.06. The van der Waals surface area contributed by atoms with E-state index in [4.69, 9.17) is 0 Å². The molecule has 0 heterocycles. The van der Waals surface area contributed by atoms with Crippen molar-refractivity contribution >= 4 is 44.3 Å². The first kappa shape index (κ1) is 16.4. The first-order valence-corrected chi connectivity index (χ1v) is 6.49. The Hall–Kier alpha value is 0.390. The van der Waals surface area contributed by atoms with Gasteiger partial charge in [0.05, 0.1) is 0 Å². The Balaban J connectivity index is 0.00000225. The van der Waals surface area contributed by atoms with Crippen molar-refractivity contribution in [3.05, 3.63) is 32.7 Å². The van der Waals surface area contributed by atoms with Gasteiger partial charge < -0.3 is 10.2 Å². The molecule has 0 saturated heterocycles. The maximum atomic E-state index is 3.51. The van der Waals surface area contributed by atoms with Crippen LogP contribution in [0.25, 0.3) is 0 Å². The zero-order chi connectivity index (χ0) is 11.3. The van der Waals surface area contributed by atoms with Crippen molar-refractivity contribution in [2.75, 3.05) is 27.2 Å². The van der Waals surface area contributed by atoms with E-state index in [1.165, 1.54) is 5.56 Å². The van der Waals surface area contributed by atoms with E-state index in [0.717, 1.165) is 28.6 Å². The molecule has 0 aliphatic rings. The average Bonchev–Trinajstić information content (AvgIpc) is 2.20. The second-order valence-electron chi connectivity index (χ2n) is 3.59. The highest BCUT2D eigenvalue weighted by molar-refractivity contribution is 9.13. The Morgan fingerprint density at radius 3 is 2.50 bits per heavy atom. The zero-order valence-electron chi connectivity index (χ0n) is 9.46. The fourth-order valence-corrected chi connectivity index (χ4v) is 2.00. The van der Waals surface area contributed by atoms with Crippen LogP contribution < -0.4 is 5.32 Å². The lowest BCUT2D eigenvalue weighted by Crippen LogP contribution is -2.26. The lowest BCUT2D eigenvalue weighted by molar-refractivity contribution is 0.328. The van der Waals surface area contributed by atoms with Gasteiger partial charge in [-0.1, -0.05) is 6.07 Å². The van der Waals surface area contributed by atoms with Crippen molar-refractivity contribution in [2.45, 2.75) is 6.54 Å². The van der Waals surface area contributed by atoms with Crippen LogP contribution in [0.1, 0.15) is 5.56 Å². The fraction of sp³-hybridized carbons (Fsp3) is 0.455. The molecule has 2 nitrogen and oxygen atoms in total. The van der Waals surface area contributed by atoms with Crippen LogP contribution in [0.5, 0.6) is 0 Å². The highest BCUT2D eigenvalue weighted by Gasteiger charge is 2.02. The average molecular weight is 373 g/mol. The van der Waals surface area contributed by atoms with Crippen LogP contribution in [0, 0.1) is 0 Å². The number of benzene rings is 1. The Kier molecular flexibility index (Phi) is 8.68. The molecule has 92 valence electrons. The van der Waals surface area contributed by atoms with Crippen LogP contribution in [0.2, 0.25) is 0 Å². The lowest BCUT2D eigenvalue weighted by atomic mass is 10.2. The van der Waals surface area contributed by atoms with Gasteiger partial charge in [-0.25, -0.2) is 0 Å². The summed E-state index contributed by atoms with van der Waals surface area (Å²) in [5, 5.41) is 3.15. The Morgan fingerprint density at radius 1 is 1.25 bits per heavy atom. The highest BCUT2D eigenvalue weighted by atomic mass is 79.9. The minimum absolute atomic E-state index is 0. The minimum Gasteiger partial charge on any atom is -0.318 e. The molecule has 1 N–H and O–H groups in total. The molecule has 0 fully saturated rings. The lowest BCUT2D eigenvalue weighted by Gasteiger charge is -2.16. The molecule has 0 unspecified atom stereocenters. The Labute approximate surface area is 120 Å². The van der Waals surface area contributed by atoms with Gasteiger partial charge in [0.2, 0.25) is 0 Å². The third-order valence-electron chi connectivity index (χ3n) is 2.18.